The van der Waals surface area contributed by atoms with Gasteiger partial charge in [0.15, 0.2) is 0 Å². The summed E-state index contributed by atoms with van der Waals surface area (Å²) in [5.74, 6) is 0. The number of H-pyrrole nitrogens is 1. The highest BCUT2D eigenvalue weighted by Gasteiger charge is 2.22. The SMILES string of the molecule is CC(CC(C)(C)c1ccccc1)NCCc1cnc[nH]1. The molecule has 0 spiro atoms. The third kappa shape index (κ3) is 4.20. The minimum Gasteiger partial charge on any atom is -0.348 e. The molecule has 1 aromatic heterocycles. The van der Waals surface area contributed by atoms with Crippen molar-refractivity contribution in [1.82, 2.24) is 15.3 Å². The summed E-state index contributed by atoms with van der Waals surface area (Å²) in [6.07, 6.45) is 5.74. The fourth-order valence-electron chi connectivity index (χ4n) is 2.72. The molecule has 0 bridgehead atoms. The lowest BCUT2D eigenvalue weighted by molar-refractivity contribution is 0.390. The van der Waals surface area contributed by atoms with Gasteiger partial charge in [0.1, 0.15) is 0 Å². The van der Waals surface area contributed by atoms with Crippen LogP contribution >= 0.6 is 0 Å². The molecular formula is C17H25N3. The minimum atomic E-state index is 0.196. The Hall–Kier alpha value is -1.61. The highest BCUT2D eigenvalue weighted by Crippen LogP contribution is 2.27. The Kier molecular flexibility index (Phi) is 4.96. The zero-order valence-corrected chi connectivity index (χ0v) is 12.7. The third-order valence-electron chi connectivity index (χ3n) is 3.81. The van der Waals surface area contributed by atoms with E-state index in [0.29, 0.717) is 6.04 Å². The van der Waals surface area contributed by atoms with E-state index in [1.54, 1.807) is 6.33 Å². The number of aromatic amines is 1. The average Bonchev–Trinajstić information content (AvgIpc) is 2.92. The lowest BCUT2D eigenvalue weighted by Crippen LogP contribution is -2.34. The van der Waals surface area contributed by atoms with Crippen LogP contribution in [0.15, 0.2) is 42.9 Å². The van der Waals surface area contributed by atoms with E-state index in [0.717, 1.165) is 19.4 Å². The molecule has 20 heavy (non-hydrogen) atoms. The van der Waals surface area contributed by atoms with Crippen LogP contribution in [0.2, 0.25) is 0 Å². The Balaban J connectivity index is 1.80. The molecule has 0 aliphatic heterocycles. The molecule has 1 aromatic carbocycles. The number of aromatic nitrogens is 2. The molecule has 1 atom stereocenters. The van der Waals surface area contributed by atoms with Crippen LogP contribution in [-0.2, 0) is 11.8 Å². The molecule has 2 N–H and O–H groups in total. The van der Waals surface area contributed by atoms with Gasteiger partial charge in [0.25, 0.3) is 0 Å². The van der Waals surface area contributed by atoms with Crippen LogP contribution < -0.4 is 5.32 Å². The van der Waals surface area contributed by atoms with Gasteiger partial charge in [0.05, 0.1) is 6.33 Å². The second-order valence-corrected chi connectivity index (χ2v) is 6.14. The number of nitrogens with one attached hydrogen (secondary N) is 2. The van der Waals surface area contributed by atoms with Crippen LogP contribution in [0.4, 0.5) is 0 Å². The van der Waals surface area contributed by atoms with Crippen molar-refractivity contribution in [3.8, 4) is 0 Å². The van der Waals surface area contributed by atoms with Crippen molar-refractivity contribution in [1.29, 1.82) is 0 Å². The summed E-state index contributed by atoms with van der Waals surface area (Å²) >= 11 is 0. The van der Waals surface area contributed by atoms with Crippen LogP contribution in [-0.4, -0.2) is 22.6 Å². The topological polar surface area (TPSA) is 40.7 Å². The van der Waals surface area contributed by atoms with Crippen LogP contribution in [0.1, 0.15) is 38.4 Å². The maximum absolute atomic E-state index is 4.04. The Morgan fingerprint density at radius 1 is 1.25 bits per heavy atom. The Morgan fingerprint density at radius 2 is 2.00 bits per heavy atom. The summed E-state index contributed by atoms with van der Waals surface area (Å²) < 4.78 is 0. The van der Waals surface area contributed by atoms with E-state index < -0.39 is 0 Å². The second-order valence-electron chi connectivity index (χ2n) is 6.14. The second kappa shape index (κ2) is 6.71. The summed E-state index contributed by atoms with van der Waals surface area (Å²) in [4.78, 5) is 7.17. The van der Waals surface area contributed by atoms with Gasteiger partial charge in [-0.25, -0.2) is 4.98 Å². The van der Waals surface area contributed by atoms with Gasteiger partial charge in [-0.05, 0) is 24.3 Å². The molecule has 0 fully saturated rings. The fourth-order valence-corrected chi connectivity index (χ4v) is 2.72. The van der Waals surface area contributed by atoms with E-state index in [-0.39, 0.29) is 5.41 Å². The summed E-state index contributed by atoms with van der Waals surface area (Å²) in [5, 5.41) is 3.60. The largest absolute Gasteiger partial charge is 0.348 e. The van der Waals surface area contributed by atoms with Gasteiger partial charge < -0.3 is 10.3 Å². The minimum absolute atomic E-state index is 0.196. The molecule has 3 nitrogen and oxygen atoms in total. The molecule has 0 radical (unpaired) electrons. The molecule has 108 valence electrons. The van der Waals surface area contributed by atoms with Crippen molar-refractivity contribution in [2.75, 3.05) is 6.54 Å². The number of benzene rings is 1. The zero-order valence-electron chi connectivity index (χ0n) is 12.7. The average molecular weight is 271 g/mol. The van der Waals surface area contributed by atoms with Gasteiger partial charge in [-0.2, -0.15) is 0 Å². The highest BCUT2D eigenvalue weighted by molar-refractivity contribution is 5.23. The van der Waals surface area contributed by atoms with Gasteiger partial charge in [-0.1, -0.05) is 44.2 Å². The zero-order chi connectivity index (χ0) is 14.4. The first-order valence-electron chi connectivity index (χ1n) is 7.34. The Morgan fingerprint density at radius 3 is 2.65 bits per heavy atom. The van der Waals surface area contributed by atoms with Gasteiger partial charge in [0.2, 0.25) is 0 Å². The maximum atomic E-state index is 4.04. The first-order valence-corrected chi connectivity index (χ1v) is 7.34. The molecule has 0 saturated heterocycles. The Labute approximate surface area is 121 Å². The number of nitrogens with zero attached hydrogens (tertiary/aromatic N) is 1. The lowest BCUT2D eigenvalue weighted by Gasteiger charge is -2.29. The standard InChI is InChI=1S/C17H25N3/c1-14(19-10-9-16-12-18-13-20-16)11-17(2,3)15-7-5-4-6-8-15/h4-8,12-14,19H,9-11H2,1-3H3,(H,18,20). The predicted molar refractivity (Wildman–Crippen MR) is 83.8 cm³/mol. The van der Waals surface area contributed by atoms with Gasteiger partial charge in [-0.3, -0.25) is 0 Å². The Bertz CT molecular complexity index is 488. The normalized spacial score (nSPS) is 13.3. The van der Waals surface area contributed by atoms with Crippen LogP contribution in [0.5, 0.6) is 0 Å². The summed E-state index contributed by atoms with van der Waals surface area (Å²) in [6, 6.07) is 11.2. The third-order valence-corrected chi connectivity index (χ3v) is 3.81. The van der Waals surface area contributed by atoms with Gasteiger partial charge >= 0.3 is 0 Å². The van der Waals surface area contributed by atoms with Crippen molar-refractivity contribution < 1.29 is 0 Å². The summed E-state index contributed by atoms with van der Waals surface area (Å²) in [7, 11) is 0. The van der Waals surface area contributed by atoms with Crippen LogP contribution in [0, 0.1) is 0 Å². The number of rotatable bonds is 7. The molecule has 0 aliphatic carbocycles. The number of hydrogen-bond acceptors (Lipinski definition) is 2. The lowest BCUT2D eigenvalue weighted by atomic mass is 9.79. The molecule has 2 rings (SSSR count). The molecular weight excluding hydrogens is 246 g/mol. The fraction of sp³-hybridized carbons (Fsp3) is 0.471. The van der Waals surface area contributed by atoms with Crippen molar-refractivity contribution in [3.05, 3.63) is 54.1 Å². The van der Waals surface area contributed by atoms with E-state index in [1.165, 1.54) is 11.3 Å². The van der Waals surface area contributed by atoms with Gasteiger partial charge in [-0.15, -0.1) is 0 Å². The van der Waals surface area contributed by atoms with Crippen molar-refractivity contribution >= 4 is 0 Å². The van der Waals surface area contributed by atoms with Crippen molar-refractivity contribution in [2.45, 2.75) is 45.1 Å². The number of imidazole rings is 1. The monoisotopic (exact) mass is 271 g/mol. The molecule has 0 aliphatic rings. The van der Waals surface area contributed by atoms with Crippen molar-refractivity contribution in [2.24, 2.45) is 0 Å². The van der Waals surface area contributed by atoms with E-state index in [1.807, 2.05) is 6.20 Å². The van der Waals surface area contributed by atoms with Gasteiger partial charge in [0, 0.05) is 30.9 Å². The predicted octanol–water partition coefficient (Wildman–Crippen LogP) is 3.30. The molecule has 2 aromatic rings. The first kappa shape index (κ1) is 14.8. The van der Waals surface area contributed by atoms with E-state index >= 15 is 0 Å². The molecule has 1 unspecified atom stereocenters. The summed E-state index contributed by atoms with van der Waals surface area (Å²) in [5.41, 5.74) is 2.79. The van der Waals surface area contributed by atoms with E-state index in [4.69, 9.17) is 0 Å². The summed E-state index contributed by atoms with van der Waals surface area (Å²) in [6.45, 7) is 7.87. The van der Waals surface area contributed by atoms with E-state index in [2.05, 4.69) is 66.4 Å². The molecule has 1 heterocycles. The van der Waals surface area contributed by atoms with E-state index in [9.17, 15) is 0 Å². The first-order chi connectivity index (χ1) is 9.58. The molecule has 0 saturated carbocycles. The highest BCUT2D eigenvalue weighted by atomic mass is 14.9. The number of hydrogen-bond donors (Lipinski definition) is 2. The smallest absolute Gasteiger partial charge is 0.0921 e. The van der Waals surface area contributed by atoms with Crippen LogP contribution in [0.25, 0.3) is 0 Å². The van der Waals surface area contributed by atoms with Crippen molar-refractivity contribution in [3.63, 3.8) is 0 Å². The van der Waals surface area contributed by atoms with Crippen LogP contribution in [0.3, 0.4) is 0 Å². The quantitative estimate of drug-likeness (QED) is 0.811. The maximum Gasteiger partial charge on any atom is 0.0921 e. The molecule has 3 heteroatoms. The molecule has 0 amide bonds.